The number of hydrogen-bond donors (Lipinski definition) is 2. The van der Waals surface area contributed by atoms with Crippen LogP contribution in [0.25, 0.3) is 11.0 Å². The molecular weight excluding hydrogens is 416 g/mol. The molecule has 4 aromatic rings. The average Bonchev–Trinajstić information content (AvgIpc) is 3.30. The van der Waals surface area contributed by atoms with Crippen molar-refractivity contribution in [3.8, 4) is 5.75 Å². The second kappa shape index (κ2) is 9.28. The summed E-state index contributed by atoms with van der Waals surface area (Å²) in [5.74, 6) is 1.76. The summed E-state index contributed by atoms with van der Waals surface area (Å²) in [7, 11) is 1.67. The van der Waals surface area contributed by atoms with Crippen LogP contribution in [-0.2, 0) is 6.54 Å². The number of carbonyl (C=O) groups is 1. The van der Waals surface area contributed by atoms with E-state index in [9.17, 15) is 4.79 Å². The second-order valence-corrected chi connectivity index (χ2v) is 8.18. The third-order valence-electron chi connectivity index (χ3n) is 6.10. The molecule has 1 amide bonds. The lowest BCUT2D eigenvalue weighted by atomic mass is 9.94. The molecule has 1 aliphatic heterocycles. The zero-order chi connectivity index (χ0) is 22.6. The molecule has 0 spiro atoms. The normalized spacial score (nSPS) is 16.0. The molecule has 4 heterocycles. The maximum absolute atomic E-state index is 12.8. The molecule has 8 heteroatoms. The predicted octanol–water partition coefficient (Wildman–Crippen LogP) is 3.99. The molecule has 0 bridgehead atoms. The monoisotopic (exact) mass is 442 g/mol. The number of aromatic amines is 1. The second-order valence-electron chi connectivity index (χ2n) is 8.18. The SMILES string of the molecule is COc1ccccc1CNc1n[nH]c2nc([C@@H]3CCCN(C(=O)c4ccccn4)C3)ccc12. The van der Waals surface area contributed by atoms with Crippen molar-refractivity contribution in [1.29, 1.82) is 0 Å². The lowest BCUT2D eigenvalue weighted by Crippen LogP contribution is -2.39. The number of methoxy groups -OCH3 is 1. The molecule has 1 aliphatic rings. The Labute approximate surface area is 192 Å². The van der Waals surface area contributed by atoms with E-state index in [1.807, 2.05) is 53.4 Å². The van der Waals surface area contributed by atoms with Crippen LogP contribution in [0.4, 0.5) is 5.82 Å². The summed E-state index contributed by atoms with van der Waals surface area (Å²) >= 11 is 0. The van der Waals surface area contributed by atoms with Crippen molar-refractivity contribution in [1.82, 2.24) is 25.1 Å². The van der Waals surface area contributed by atoms with Crippen molar-refractivity contribution in [3.63, 3.8) is 0 Å². The number of nitrogens with one attached hydrogen (secondary N) is 2. The number of H-pyrrole nitrogens is 1. The number of pyridine rings is 2. The molecule has 0 aliphatic carbocycles. The molecule has 1 fully saturated rings. The van der Waals surface area contributed by atoms with Crippen LogP contribution >= 0.6 is 0 Å². The van der Waals surface area contributed by atoms with E-state index in [2.05, 4.69) is 20.5 Å². The highest BCUT2D eigenvalue weighted by Crippen LogP contribution is 2.29. The lowest BCUT2D eigenvalue weighted by Gasteiger charge is -2.32. The Balaban J connectivity index is 1.30. The van der Waals surface area contributed by atoms with Crippen LogP contribution in [0.5, 0.6) is 5.75 Å². The molecule has 3 aromatic heterocycles. The Hall–Kier alpha value is -3.94. The number of anilines is 1. The molecular formula is C25H26N6O2. The number of para-hydroxylation sites is 1. The summed E-state index contributed by atoms with van der Waals surface area (Å²) in [5, 5.41) is 11.8. The van der Waals surface area contributed by atoms with Crippen LogP contribution in [0, 0.1) is 0 Å². The number of amides is 1. The molecule has 168 valence electrons. The van der Waals surface area contributed by atoms with Crippen LogP contribution in [0.3, 0.4) is 0 Å². The Bertz CT molecular complexity index is 1260. The Kier molecular flexibility index (Phi) is 5.89. The molecule has 1 atom stereocenters. The van der Waals surface area contributed by atoms with Gasteiger partial charge in [0, 0.05) is 43.0 Å². The average molecular weight is 443 g/mol. The fourth-order valence-electron chi connectivity index (χ4n) is 4.36. The zero-order valence-corrected chi connectivity index (χ0v) is 18.5. The van der Waals surface area contributed by atoms with Crippen molar-refractivity contribution < 1.29 is 9.53 Å². The van der Waals surface area contributed by atoms with Gasteiger partial charge in [-0.3, -0.25) is 14.9 Å². The first-order valence-electron chi connectivity index (χ1n) is 11.1. The summed E-state index contributed by atoms with van der Waals surface area (Å²) in [6, 6.07) is 17.4. The summed E-state index contributed by atoms with van der Waals surface area (Å²) in [6.45, 7) is 1.98. The largest absolute Gasteiger partial charge is 0.496 e. The Morgan fingerprint density at radius 3 is 2.91 bits per heavy atom. The van der Waals surface area contributed by atoms with Crippen molar-refractivity contribution in [2.45, 2.75) is 25.3 Å². The molecule has 33 heavy (non-hydrogen) atoms. The highest BCUT2D eigenvalue weighted by atomic mass is 16.5. The van der Waals surface area contributed by atoms with E-state index in [1.165, 1.54) is 0 Å². The van der Waals surface area contributed by atoms with Gasteiger partial charge in [-0.25, -0.2) is 4.98 Å². The first kappa shape index (κ1) is 20.9. The van der Waals surface area contributed by atoms with Gasteiger partial charge < -0.3 is 15.0 Å². The van der Waals surface area contributed by atoms with Gasteiger partial charge in [-0.2, -0.15) is 5.10 Å². The third kappa shape index (κ3) is 4.37. The van der Waals surface area contributed by atoms with Crippen LogP contribution < -0.4 is 10.1 Å². The summed E-state index contributed by atoms with van der Waals surface area (Å²) in [5.41, 5.74) is 3.26. The number of piperidine rings is 1. The fourth-order valence-corrected chi connectivity index (χ4v) is 4.36. The zero-order valence-electron chi connectivity index (χ0n) is 18.5. The van der Waals surface area contributed by atoms with E-state index in [0.717, 1.165) is 53.2 Å². The minimum absolute atomic E-state index is 0.0225. The summed E-state index contributed by atoms with van der Waals surface area (Å²) < 4.78 is 5.43. The molecule has 2 N–H and O–H groups in total. The van der Waals surface area contributed by atoms with Gasteiger partial charge in [0.05, 0.1) is 12.5 Å². The number of aromatic nitrogens is 4. The smallest absolute Gasteiger partial charge is 0.272 e. The minimum atomic E-state index is -0.0225. The maximum atomic E-state index is 12.8. The number of carbonyl (C=O) groups excluding carboxylic acids is 1. The Morgan fingerprint density at radius 1 is 1.18 bits per heavy atom. The number of benzene rings is 1. The quantitative estimate of drug-likeness (QED) is 0.469. The van der Waals surface area contributed by atoms with E-state index in [1.54, 1.807) is 19.4 Å². The van der Waals surface area contributed by atoms with Crippen LogP contribution in [0.1, 0.15) is 40.5 Å². The van der Waals surface area contributed by atoms with Gasteiger partial charge in [0.1, 0.15) is 11.4 Å². The number of nitrogens with zero attached hydrogens (tertiary/aromatic N) is 4. The van der Waals surface area contributed by atoms with Gasteiger partial charge in [-0.1, -0.05) is 24.3 Å². The molecule has 8 nitrogen and oxygen atoms in total. The topological polar surface area (TPSA) is 96.0 Å². The number of ether oxygens (including phenoxy) is 1. The van der Waals surface area contributed by atoms with Gasteiger partial charge in [0.2, 0.25) is 0 Å². The Morgan fingerprint density at radius 2 is 2.06 bits per heavy atom. The highest BCUT2D eigenvalue weighted by Gasteiger charge is 2.27. The van der Waals surface area contributed by atoms with Crippen LogP contribution in [0.2, 0.25) is 0 Å². The van der Waals surface area contributed by atoms with Gasteiger partial charge >= 0.3 is 0 Å². The summed E-state index contributed by atoms with van der Waals surface area (Å²) in [4.78, 5) is 23.8. The first-order chi connectivity index (χ1) is 16.2. The molecule has 5 rings (SSSR count). The van der Waals surface area contributed by atoms with E-state index in [0.29, 0.717) is 18.8 Å². The molecule has 1 aromatic carbocycles. The van der Waals surface area contributed by atoms with Gasteiger partial charge in [-0.15, -0.1) is 0 Å². The molecule has 0 saturated carbocycles. The van der Waals surface area contributed by atoms with Gasteiger partial charge in [0.15, 0.2) is 11.5 Å². The van der Waals surface area contributed by atoms with Crippen molar-refractivity contribution in [3.05, 3.63) is 77.7 Å². The number of likely N-dealkylation sites (tertiary alicyclic amines) is 1. The molecule has 1 saturated heterocycles. The first-order valence-corrected chi connectivity index (χ1v) is 11.1. The minimum Gasteiger partial charge on any atom is -0.496 e. The molecule has 0 radical (unpaired) electrons. The number of fused-ring (bicyclic) bond motifs is 1. The number of hydrogen-bond acceptors (Lipinski definition) is 6. The van der Waals surface area contributed by atoms with E-state index >= 15 is 0 Å². The van der Waals surface area contributed by atoms with Gasteiger partial charge in [-0.05, 0) is 43.2 Å². The van der Waals surface area contributed by atoms with Crippen molar-refractivity contribution >= 4 is 22.8 Å². The van der Waals surface area contributed by atoms with Crippen LogP contribution in [0.15, 0.2) is 60.8 Å². The predicted molar refractivity (Wildman–Crippen MR) is 126 cm³/mol. The van der Waals surface area contributed by atoms with Gasteiger partial charge in [0.25, 0.3) is 5.91 Å². The third-order valence-corrected chi connectivity index (χ3v) is 6.10. The maximum Gasteiger partial charge on any atom is 0.272 e. The lowest BCUT2D eigenvalue weighted by molar-refractivity contribution is 0.0700. The molecule has 0 unspecified atom stereocenters. The number of rotatable bonds is 6. The van der Waals surface area contributed by atoms with Crippen LogP contribution in [-0.4, -0.2) is 51.2 Å². The summed E-state index contributed by atoms with van der Waals surface area (Å²) in [6.07, 6.45) is 3.59. The van der Waals surface area contributed by atoms with Crippen molar-refractivity contribution in [2.24, 2.45) is 0 Å². The van der Waals surface area contributed by atoms with E-state index in [-0.39, 0.29) is 11.8 Å². The fraction of sp³-hybridized carbons (Fsp3) is 0.280. The standard InChI is InChI=1S/C25H26N6O2/c1-33-22-10-3-2-7-17(22)15-27-23-19-11-12-20(28-24(19)30-29-23)18-8-6-14-31(16-18)25(32)21-9-4-5-13-26-21/h2-5,7,9-13,18H,6,8,14-16H2,1H3,(H2,27,28,29,30)/t18-/m1/s1. The highest BCUT2D eigenvalue weighted by molar-refractivity contribution is 5.92. The van der Waals surface area contributed by atoms with E-state index in [4.69, 9.17) is 9.72 Å². The van der Waals surface area contributed by atoms with Crippen molar-refractivity contribution in [2.75, 3.05) is 25.5 Å². The van der Waals surface area contributed by atoms with E-state index < -0.39 is 0 Å².